The van der Waals surface area contributed by atoms with Gasteiger partial charge in [0.15, 0.2) is 5.78 Å². The number of carbonyl (C=O) groups excluding carboxylic acids is 1. The average molecular weight is 285 g/mol. The number of ether oxygens (including phenoxy) is 1. The number of hydrogen-bond acceptors (Lipinski definition) is 4. The monoisotopic (exact) mass is 285 g/mol. The molecular weight excluding hydrogens is 270 g/mol. The standard InChI is InChI=1S/C16H15NO4/c1-11-3-5-13(6-4-11)10-21-16-8-7-14(17(19)20)9-15(16)12(2)18/h3-9H,10H2,1-2H3. The molecule has 0 bridgehead atoms. The summed E-state index contributed by atoms with van der Waals surface area (Å²) in [6, 6.07) is 11.9. The van der Waals surface area contributed by atoms with E-state index < -0.39 is 4.92 Å². The van der Waals surface area contributed by atoms with Gasteiger partial charge in [0.2, 0.25) is 0 Å². The molecule has 0 N–H and O–H groups in total. The van der Waals surface area contributed by atoms with Crippen LogP contribution in [0.25, 0.3) is 0 Å². The topological polar surface area (TPSA) is 69.4 Å². The number of rotatable bonds is 5. The predicted molar refractivity (Wildman–Crippen MR) is 78.6 cm³/mol. The van der Waals surface area contributed by atoms with Crippen LogP contribution in [-0.4, -0.2) is 10.7 Å². The molecule has 0 saturated heterocycles. The van der Waals surface area contributed by atoms with Gasteiger partial charge in [-0.25, -0.2) is 0 Å². The molecule has 0 aromatic heterocycles. The van der Waals surface area contributed by atoms with E-state index in [-0.39, 0.29) is 17.0 Å². The van der Waals surface area contributed by atoms with Crippen molar-refractivity contribution in [2.75, 3.05) is 0 Å². The van der Waals surface area contributed by atoms with E-state index in [1.165, 1.54) is 25.1 Å². The molecule has 21 heavy (non-hydrogen) atoms. The van der Waals surface area contributed by atoms with E-state index in [0.29, 0.717) is 12.4 Å². The van der Waals surface area contributed by atoms with Crippen LogP contribution in [0.4, 0.5) is 5.69 Å². The molecule has 0 fully saturated rings. The Morgan fingerprint density at radius 1 is 1.19 bits per heavy atom. The van der Waals surface area contributed by atoms with E-state index in [9.17, 15) is 14.9 Å². The molecule has 0 spiro atoms. The van der Waals surface area contributed by atoms with Gasteiger partial charge in [-0.05, 0) is 25.5 Å². The van der Waals surface area contributed by atoms with Crippen LogP contribution in [0.15, 0.2) is 42.5 Å². The summed E-state index contributed by atoms with van der Waals surface area (Å²) in [7, 11) is 0. The second-order valence-corrected chi connectivity index (χ2v) is 4.77. The maximum absolute atomic E-state index is 11.6. The van der Waals surface area contributed by atoms with Gasteiger partial charge in [-0.2, -0.15) is 0 Å². The molecule has 0 saturated carbocycles. The number of aryl methyl sites for hydroxylation is 1. The summed E-state index contributed by atoms with van der Waals surface area (Å²) in [6.45, 7) is 3.66. The van der Waals surface area contributed by atoms with E-state index >= 15 is 0 Å². The first-order valence-corrected chi connectivity index (χ1v) is 6.45. The highest BCUT2D eigenvalue weighted by Gasteiger charge is 2.15. The van der Waals surface area contributed by atoms with Crippen LogP contribution in [0.1, 0.15) is 28.4 Å². The number of non-ortho nitro benzene ring substituents is 1. The van der Waals surface area contributed by atoms with Crippen LogP contribution in [0.2, 0.25) is 0 Å². The lowest BCUT2D eigenvalue weighted by atomic mass is 10.1. The van der Waals surface area contributed by atoms with Crippen molar-refractivity contribution in [3.63, 3.8) is 0 Å². The third kappa shape index (κ3) is 3.66. The number of nitro groups is 1. The summed E-state index contributed by atoms with van der Waals surface area (Å²) in [6.07, 6.45) is 0. The van der Waals surface area contributed by atoms with E-state index in [1.807, 2.05) is 31.2 Å². The zero-order valence-electron chi connectivity index (χ0n) is 11.8. The first-order chi connectivity index (χ1) is 9.97. The fraction of sp³-hybridized carbons (Fsp3) is 0.188. The van der Waals surface area contributed by atoms with Crippen LogP contribution in [0.3, 0.4) is 0 Å². The molecule has 108 valence electrons. The molecule has 5 nitrogen and oxygen atoms in total. The Morgan fingerprint density at radius 3 is 2.43 bits per heavy atom. The molecule has 2 rings (SSSR count). The minimum Gasteiger partial charge on any atom is -0.488 e. The molecule has 2 aromatic rings. The Morgan fingerprint density at radius 2 is 1.86 bits per heavy atom. The van der Waals surface area contributed by atoms with E-state index in [2.05, 4.69) is 0 Å². The number of nitrogens with zero attached hydrogens (tertiary/aromatic N) is 1. The summed E-state index contributed by atoms with van der Waals surface area (Å²) in [5.41, 5.74) is 2.21. The Labute approximate surface area is 122 Å². The number of benzene rings is 2. The van der Waals surface area contributed by atoms with Crippen molar-refractivity contribution in [1.29, 1.82) is 0 Å². The van der Waals surface area contributed by atoms with Crippen molar-refractivity contribution in [3.05, 3.63) is 69.3 Å². The molecule has 5 heteroatoms. The lowest BCUT2D eigenvalue weighted by Gasteiger charge is -2.10. The Balaban J connectivity index is 2.21. The van der Waals surface area contributed by atoms with E-state index in [4.69, 9.17) is 4.74 Å². The molecule has 0 unspecified atom stereocenters. The quantitative estimate of drug-likeness (QED) is 0.477. The predicted octanol–water partition coefficient (Wildman–Crippen LogP) is 3.68. The van der Waals surface area contributed by atoms with Gasteiger partial charge in [-0.3, -0.25) is 14.9 Å². The normalized spacial score (nSPS) is 10.2. The molecule has 0 atom stereocenters. The molecule has 0 aliphatic heterocycles. The second-order valence-electron chi connectivity index (χ2n) is 4.77. The zero-order valence-corrected chi connectivity index (χ0v) is 11.8. The minimum atomic E-state index is -0.532. The molecular formula is C16H15NO4. The van der Waals surface area contributed by atoms with Gasteiger partial charge < -0.3 is 4.74 Å². The van der Waals surface area contributed by atoms with Gasteiger partial charge in [-0.1, -0.05) is 29.8 Å². The highest BCUT2D eigenvalue weighted by molar-refractivity contribution is 5.97. The van der Waals surface area contributed by atoms with Crippen molar-refractivity contribution < 1.29 is 14.5 Å². The molecule has 0 aliphatic rings. The lowest BCUT2D eigenvalue weighted by molar-refractivity contribution is -0.384. The van der Waals surface area contributed by atoms with Gasteiger partial charge in [0.1, 0.15) is 12.4 Å². The number of ketones is 1. The first-order valence-electron chi connectivity index (χ1n) is 6.45. The maximum atomic E-state index is 11.6. The Kier molecular flexibility index (Phi) is 4.33. The van der Waals surface area contributed by atoms with Crippen LogP contribution in [-0.2, 0) is 6.61 Å². The van der Waals surface area contributed by atoms with Gasteiger partial charge in [0.25, 0.3) is 5.69 Å². The molecule has 0 amide bonds. The molecule has 2 aromatic carbocycles. The minimum absolute atomic E-state index is 0.122. The summed E-state index contributed by atoms with van der Waals surface area (Å²) >= 11 is 0. The summed E-state index contributed by atoms with van der Waals surface area (Å²) in [5, 5.41) is 10.8. The summed E-state index contributed by atoms with van der Waals surface area (Å²) in [5.74, 6) is 0.0891. The van der Waals surface area contributed by atoms with Gasteiger partial charge in [0, 0.05) is 12.1 Å². The van der Waals surface area contributed by atoms with Crippen LogP contribution in [0.5, 0.6) is 5.75 Å². The van der Waals surface area contributed by atoms with Gasteiger partial charge in [-0.15, -0.1) is 0 Å². The van der Waals surface area contributed by atoms with Crippen molar-refractivity contribution in [2.45, 2.75) is 20.5 Å². The number of nitro benzene ring substituents is 1. The largest absolute Gasteiger partial charge is 0.488 e. The number of hydrogen-bond donors (Lipinski definition) is 0. The first kappa shape index (κ1) is 14.7. The third-order valence-electron chi connectivity index (χ3n) is 3.07. The number of carbonyl (C=O) groups is 1. The van der Waals surface area contributed by atoms with E-state index in [1.54, 1.807) is 0 Å². The summed E-state index contributed by atoms with van der Waals surface area (Å²) in [4.78, 5) is 21.8. The van der Waals surface area contributed by atoms with Crippen molar-refractivity contribution >= 4 is 11.5 Å². The molecule has 0 radical (unpaired) electrons. The SMILES string of the molecule is CC(=O)c1cc([N+](=O)[O-])ccc1OCc1ccc(C)cc1. The molecule has 0 aliphatic carbocycles. The fourth-order valence-electron chi connectivity index (χ4n) is 1.88. The van der Waals surface area contributed by atoms with Crippen LogP contribution >= 0.6 is 0 Å². The Hall–Kier alpha value is -2.69. The lowest BCUT2D eigenvalue weighted by Crippen LogP contribution is -2.03. The highest BCUT2D eigenvalue weighted by Crippen LogP contribution is 2.25. The van der Waals surface area contributed by atoms with Gasteiger partial charge >= 0.3 is 0 Å². The summed E-state index contributed by atoms with van der Waals surface area (Å²) < 4.78 is 5.62. The number of Topliss-reactive ketones (excluding diaryl/α,β-unsaturated/α-hetero) is 1. The van der Waals surface area contributed by atoms with E-state index in [0.717, 1.165) is 11.1 Å². The second kappa shape index (κ2) is 6.17. The Bertz CT molecular complexity index is 677. The molecule has 0 heterocycles. The third-order valence-corrected chi connectivity index (χ3v) is 3.07. The van der Waals surface area contributed by atoms with Crippen LogP contribution < -0.4 is 4.74 Å². The fourth-order valence-corrected chi connectivity index (χ4v) is 1.88. The van der Waals surface area contributed by atoms with Crippen LogP contribution in [0, 0.1) is 17.0 Å². The van der Waals surface area contributed by atoms with Crippen molar-refractivity contribution in [1.82, 2.24) is 0 Å². The highest BCUT2D eigenvalue weighted by atomic mass is 16.6. The van der Waals surface area contributed by atoms with Crippen molar-refractivity contribution in [3.8, 4) is 5.75 Å². The van der Waals surface area contributed by atoms with Gasteiger partial charge in [0.05, 0.1) is 10.5 Å². The maximum Gasteiger partial charge on any atom is 0.270 e. The smallest absolute Gasteiger partial charge is 0.270 e. The van der Waals surface area contributed by atoms with Crippen molar-refractivity contribution in [2.24, 2.45) is 0 Å². The zero-order chi connectivity index (χ0) is 15.4. The average Bonchev–Trinajstić information content (AvgIpc) is 2.46.